The third-order valence-electron chi connectivity index (χ3n) is 0.668. The van der Waals surface area contributed by atoms with Crippen LogP contribution in [-0.4, -0.2) is 16.3 Å². The molecule has 0 aliphatic rings. The van der Waals surface area contributed by atoms with E-state index < -0.39 is 0 Å². The Balaban J connectivity index is 2.99. The predicted molar refractivity (Wildman–Crippen MR) is 26.8 cm³/mol. The van der Waals surface area contributed by atoms with E-state index >= 15 is 0 Å². The second kappa shape index (κ2) is 2.16. The molecule has 3 heteroatoms. The first-order valence-corrected chi connectivity index (χ1v) is 2.07. The zero-order chi connectivity index (χ0) is 5.82. The Morgan fingerprint density at radius 2 is 2.38 bits per heavy atom. The summed E-state index contributed by atoms with van der Waals surface area (Å²) in [5.41, 5.74) is 0.243. The molecule has 0 atom stereocenters. The van der Waals surface area contributed by atoms with Crippen LogP contribution in [0.5, 0.6) is 0 Å². The second-order valence-electron chi connectivity index (χ2n) is 1.19. The highest BCUT2D eigenvalue weighted by molar-refractivity contribution is 5.71. The fraction of sp³-hybridized carbons (Fsp3) is 0. The second-order valence-corrected chi connectivity index (χ2v) is 1.19. The number of nitrogens with zero attached hydrogens (tertiary/aromatic N) is 2. The van der Waals surface area contributed by atoms with Crippen molar-refractivity contribution in [2.24, 2.45) is 0 Å². The van der Waals surface area contributed by atoms with E-state index in [0.717, 1.165) is 0 Å². The molecule has 0 spiro atoms. The molecule has 0 bridgehead atoms. The van der Waals surface area contributed by atoms with Crippen molar-refractivity contribution in [2.75, 3.05) is 0 Å². The van der Waals surface area contributed by atoms with Crippen LogP contribution in [0.1, 0.15) is 5.69 Å². The molecule has 0 aliphatic heterocycles. The third-order valence-corrected chi connectivity index (χ3v) is 0.668. The molecule has 0 aromatic carbocycles. The molecular formula is C5H3N2O. The Morgan fingerprint density at radius 3 is 2.75 bits per heavy atom. The molecule has 8 heavy (non-hydrogen) atoms. The number of carbonyl (C=O) groups excluding carboxylic acids is 1. The monoisotopic (exact) mass is 107 g/mol. The van der Waals surface area contributed by atoms with Gasteiger partial charge in [0.25, 0.3) is 6.29 Å². The Bertz CT molecular complexity index is 173. The van der Waals surface area contributed by atoms with Gasteiger partial charge in [0, 0.05) is 12.4 Å². The maximum absolute atomic E-state index is 9.78. The van der Waals surface area contributed by atoms with E-state index in [1.54, 1.807) is 6.29 Å². The van der Waals surface area contributed by atoms with Crippen LogP contribution in [-0.2, 0) is 4.79 Å². The van der Waals surface area contributed by atoms with Crippen LogP contribution < -0.4 is 0 Å². The summed E-state index contributed by atoms with van der Waals surface area (Å²) in [6, 6.07) is 0. The van der Waals surface area contributed by atoms with Crippen molar-refractivity contribution in [2.45, 2.75) is 0 Å². The molecule has 0 N–H and O–H groups in total. The van der Waals surface area contributed by atoms with Crippen molar-refractivity contribution in [3.63, 3.8) is 0 Å². The lowest BCUT2D eigenvalue weighted by atomic mass is 10.5. The summed E-state index contributed by atoms with van der Waals surface area (Å²) in [7, 11) is 0. The van der Waals surface area contributed by atoms with E-state index in [1.165, 1.54) is 18.6 Å². The Hall–Kier alpha value is -1.25. The molecule has 1 aromatic rings. The van der Waals surface area contributed by atoms with Gasteiger partial charge in [0.05, 0.1) is 6.20 Å². The number of aromatic nitrogens is 2. The van der Waals surface area contributed by atoms with Gasteiger partial charge in [0.15, 0.2) is 0 Å². The fourth-order valence-electron chi connectivity index (χ4n) is 0.352. The van der Waals surface area contributed by atoms with Crippen LogP contribution in [0.15, 0.2) is 18.6 Å². The van der Waals surface area contributed by atoms with Gasteiger partial charge >= 0.3 is 0 Å². The highest BCUT2D eigenvalue weighted by Crippen LogP contribution is 1.80. The van der Waals surface area contributed by atoms with Crippen molar-refractivity contribution in [3.8, 4) is 0 Å². The number of hydrogen-bond acceptors (Lipinski definition) is 3. The minimum Gasteiger partial charge on any atom is -0.283 e. The zero-order valence-corrected chi connectivity index (χ0v) is 4.03. The van der Waals surface area contributed by atoms with Gasteiger partial charge in [0.2, 0.25) is 0 Å². The molecule has 1 radical (unpaired) electrons. The van der Waals surface area contributed by atoms with Crippen LogP contribution in [0, 0.1) is 0 Å². The van der Waals surface area contributed by atoms with E-state index in [-0.39, 0.29) is 5.69 Å². The van der Waals surface area contributed by atoms with Gasteiger partial charge in [-0.2, -0.15) is 0 Å². The van der Waals surface area contributed by atoms with Gasteiger partial charge in [-0.1, -0.05) is 0 Å². The lowest BCUT2D eigenvalue weighted by molar-refractivity contribution is 0.561. The lowest BCUT2D eigenvalue weighted by Crippen LogP contribution is -1.84. The maximum atomic E-state index is 9.78. The number of rotatable bonds is 1. The van der Waals surface area contributed by atoms with Gasteiger partial charge < -0.3 is 0 Å². The molecule has 39 valence electrons. The van der Waals surface area contributed by atoms with Gasteiger partial charge in [-0.05, 0) is 0 Å². The van der Waals surface area contributed by atoms with Crippen LogP contribution >= 0.6 is 0 Å². The average Bonchev–Trinajstić information content (AvgIpc) is 1.90. The Labute approximate surface area is 46.4 Å². The Morgan fingerprint density at radius 1 is 1.50 bits per heavy atom. The van der Waals surface area contributed by atoms with Crippen molar-refractivity contribution in [1.82, 2.24) is 9.97 Å². The SMILES string of the molecule is O=[C]c1cnccn1. The molecular weight excluding hydrogens is 104 g/mol. The standard InChI is InChI=1S/C5H3N2O/c8-4-5-3-6-1-2-7-5/h1-3H. The molecule has 0 fully saturated rings. The first kappa shape index (κ1) is 4.90. The maximum Gasteiger partial charge on any atom is 0.255 e. The normalized spacial score (nSPS) is 8.50. The van der Waals surface area contributed by atoms with Crippen molar-refractivity contribution < 1.29 is 4.79 Å². The summed E-state index contributed by atoms with van der Waals surface area (Å²) in [6.45, 7) is 0. The molecule has 0 aliphatic carbocycles. The minimum absolute atomic E-state index is 0.243. The smallest absolute Gasteiger partial charge is 0.255 e. The molecule has 1 heterocycles. The topological polar surface area (TPSA) is 42.9 Å². The van der Waals surface area contributed by atoms with Gasteiger partial charge in [0.1, 0.15) is 5.69 Å². The van der Waals surface area contributed by atoms with Crippen LogP contribution in [0.3, 0.4) is 0 Å². The lowest BCUT2D eigenvalue weighted by Gasteiger charge is -1.79. The third kappa shape index (κ3) is 0.872. The van der Waals surface area contributed by atoms with Gasteiger partial charge in [-0.3, -0.25) is 9.78 Å². The fourth-order valence-corrected chi connectivity index (χ4v) is 0.352. The summed E-state index contributed by atoms with van der Waals surface area (Å²) in [5, 5.41) is 0. The van der Waals surface area contributed by atoms with E-state index in [1.807, 2.05) is 0 Å². The van der Waals surface area contributed by atoms with Crippen LogP contribution in [0.2, 0.25) is 0 Å². The quantitative estimate of drug-likeness (QED) is 0.504. The largest absolute Gasteiger partial charge is 0.283 e. The highest BCUT2D eigenvalue weighted by Gasteiger charge is 1.85. The first-order valence-electron chi connectivity index (χ1n) is 2.07. The highest BCUT2D eigenvalue weighted by atomic mass is 16.1. The van der Waals surface area contributed by atoms with Gasteiger partial charge in [-0.25, -0.2) is 4.98 Å². The molecule has 0 amide bonds. The molecule has 0 unspecified atom stereocenters. The first-order chi connectivity index (χ1) is 3.93. The predicted octanol–water partition coefficient (Wildman–Crippen LogP) is -0.0656. The zero-order valence-electron chi connectivity index (χ0n) is 4.03. The molecule has 0 saturated carbocycles. The molecule has 0 saturated heterocycles. The van der Waals surface area contributed by atoms with Gasteiger partial charge in [-0.15, -0.1) is 0 Å². The van der Waals surface area contributed by atoms with Crippen molar-refractivity contribution >= 4 is 6.29 Å². The summed E-state index contributed by atoms with van der Waals surface area (Å²) >= 11 is 0. The average molecular weight is 107 g/mol. The van der Waals surface area contributed by atoms with E-state index in [2.05, 4.69) is 9.97 Å². The van der Waals surface area contributed by atoms with E-state index in [4.69, 9.17) is 0 Å². The Kier molecular flexibility index (Phi) is 1.32. The van der Waals surface area contributed by atoms with Crippen LogP contribution in [0.25, 0.3) is 0 Å². The van der Waals surface area contributed by atoms with E-state index in [0.29, 0.717) is 0 Å². The summed E-state index contributed by atoms with van der Waals surface area (Å²) in [5.74, 6) is 0. The van der Waals surface area contributed by atoms with Crippen molar-refractivity contribution in [3.05, 3.63) is 24.3 Å². The summed E-state index contributed by atoms with van der Waals surface area (Å²) in [4.78, 5) is 17.0. The summed E-state index contributed by atoms with van der Waals surface area (Å²) < 4.78 is 0. The van der Waals surface area contributed by atoms with E-state index in [9.17, 15) is 4.79 Å². The summed E-state index contributed by atoms with van der Waals surface area (Å²) in [6.07, 6.45) is 5.90. The molecule has 1 aromatic heterocycles. The van der Waals surface area contributed by atoms with Crippen LogP contribution in [0.4, 0.5) is 0 Å². The van der Waals surface area contributed by atoms with Crippen molar-refractivity contribution in [1.29, 1.82) is 0 Å². The molecule has 1 rings (SSSR count). The minimum atomic E-state index is 0.243. The number of hydrogen-bond donors (Lipinski definition) is 0. The molecule has 3 nitrogen and oxygen atoms in total.